The summed E-state index contributed by atoms with van der Waals surface area (Å²) in [4.78, 5) is 14.5. The van der Waals surface area contributed by atoms with E-state index in [9.17, 15) is 22.0 Å². The number of anilines is 1. The Morgan fingerprint density at radius 2 is 1.73 bits per heavy atom. The molecule has 0 saturated carbocycles. The Balaban J connectivity index is 1.93. The predicted octanol–water partition coefficient (Wildman–Crippen LogP) is 4.33. The standard InChI is InChI=1S/C18H16F5N5OS/c1-30-17-25-13(27-4-6-29-7-5-27)9-14(26-17)28-12-8-10(18(21,22)23)2-3-11(12)24-16(28)15(19)20/h2-3,8-9,15H,4-7H2,1H3. The minimum absolute atomic E-state index is 0.0236. The second-order valence-electron chi connectivity index (χ2n) is 6.48. The number of thioether (sulfide) groups is 1. The molecule has 4 rings (SSSR count). The van der Waals surface area contributed by atoms with E-state index in [1.165, 1.54) is 17.8 Å². The summed E-state index contributed by atoms with van der Waals surface area (Å²) in [6.45, 7) is 2.07. The zero-order valence-electron chi connectivity index (χ0n) is 15.7. The van der Waals surface area contributed by atoms with Gasteiger partial charge in [0.1, 0.15) is 11.6 Å². The van der Waals surface area contributed by atoms with Crippen molar-refractivity contribution < 1.29 is 26.7 Å². The van der Waals surface area contributed by atoms with Gasteiger partial charge < -0.3 is 9.64 Å². The third-order valence-electron chi connectivity index (χ3n) is 4.63. The van der Waals surface area contributed by atoms with Crippen LogP contribution in [0.4, 0.5) is 27.8 Å². The highest BCUT2D eigenvalue weighted by Crippen LogP contribution is 2.34. The summed E-state index contributed by atoms with van der Waals surface area (Å²) in [7, 11) is 0. The van der Waals surface area contributed by atoms with Gasteiger partial charge in [0.05, 0.1) is 29.8 Å². The van der Waals surface area contributed by atoms with Crippen LogP contribution in [-0.2, 0) is 10.9 Å². The van der Waals surface area contributed by atoms with Crippen LogP contribution in [-0.4, -0.2) is 52.1 Å². The predicted molar refractivity (Wildman–Crippen MR) is 101 cm³/mol. The molecule has 1 aromatic carbocycles. The van der Waals surface area contributed by atoms with Crippen LogP contribution in [0.25, 0.3) is 16.9 Å². The normalized spacial score (nSPS) is 15.4. The highest BCUT2D eigenvalue weighted by Gasteiger charge is 2.32. The van der Waals surface area contributed by atoms with Gasteiger partial charge in [-0.05, 0) is 24.5 Å². The molecule has 1 fully saturated rings. The van der Waals surface area contributed by atoms with Crippen LogP contribution in [0.2, 0.25) is 0 Å². The van der Waals surface area contributed by atoms with E-state index in [0.29, 0.717) is 37.3 Å². The Kier molecular flexibility index (Phi) is 5.53. The number of nitrogens with zero attached hydrogens (tertiary/aromatic N) is 5. The Morgan fingerprint density at radius 1 is 1.03 bits per heavy atom. The second kappa shape index (κ2) is 7.99. The molecule has 3 heterocycles. The van der Waals surface area contributed by atoms with Crippen molar-refractivity contribution in [3.05, 3.63) is 35.7 Å². The number of imidazole rings is 1. The number of aromatic nitrogens is 4. The first kappa shape index (κ1) is 20.8. The van der Waals surface area contributed by atoms with Gasteiger partial charge in [0.2, 0.25) is 0 Å². The molecule has 30 heavy (non-hydrogen) atoms. The average Bonchev–Trinajstić information content (AvgIpc) is 3.12. The van der Waals surface area contributed by atoms with Gasteiger partial charge in [-0.15, -0.1) is 0 Å². The lowest BCUT2D eigenvalue weighted by Crippen LogP contribution is -2.37. The van der Waals surface area contributed by atoms with Crippen molar-refractivity contribution in [1.29, 1.82) is 0 Å². The van der Waals surface area contributed by atoms with E-state index in [-0.39, 0.29) is 16.9 Å². The number of ether oxygens (including phenoxy) is 1. The maximum absolute atomic E-state index is 13.7. The van der Waals surface area contributed by atoms with Crippen LogP contribution < -0.4 is 4.90 Å². The van der Waals surface area contributed by atoms with Gasteiger partial charge >= 0.3 is 6.18 Å². The number of morpholine rings is 1. The lowest BCUT2D eigenvalue weighted by molar-refractivity contribution is -0.137. The molecule has 1 aliphatic heterocycles. The number of halogens is 5. The van der Waals surface area contributed by atoms with Crippen LogP contribution in [0.3, 0.4) is 0 Å². The molecule has 0 aliphatic carbocycles. The van der Waals surface area contributed by atoms with Gasteiger partial charge in [0.15, 0.2) is 11.0 Å². The number of hydrogen-bond donors (Lipinski definition) is 0. The fraction of sp³-hybridized carbons (Fsp3) is 0.389. The molecule has 2 aromatic heterocycles. The largest absolute Gasteiger partial charge is 0.416 e. The van der Waals surface area contributed by atoms with Crippen molar-refractivity contribution in [1.82, 2.24) is 19.5 Å². The summed E-state index contributed by atoms with van der Waals surface area (Å²) in [5, 5.41) is 0.308. The minimum atomic E-state index is -4.62. The van der Waals surface area contributed by atoms with Crippen molar-refractivity contribution in [2.75, 3.05) is 37.5 Å². The fourth-order valence-corrected chi connectivity index (χ4v) is 3.59. The second-order valence-corrected chi connectivity index (χ2v) is 7.25. The van der Waals surface area contributed by atoms with E-state index in [2.05, 4.69) is 15.0 Å². The molecule has 0 bridgehead atoms. The van der Waals surface area contributed by atoms with Gasteiger partial charge in [-0.25, -0.2) is 23.7 Å². The minimum Gasteiger partial charge on any atom is -0.378 e. The van der Waals surface area contributed by atoms with Gasteiger partial charge in [-0.1, -0.05) is 11.8 Å². The van der Waals surface area contributed by atoms with E-state index in [1.54, 1.807) is 6.26 Å². The van der Waals surface area contributed by atoms with Crippen molar-refractivity contribution in [2.24, 2.45) is 0 Å². The number of hydrogen-bond acceptors (Lipinski definition) is 6. The van der Waals surface area contributed by atoms with Gasteiger partial charge in [-0.2, -0.15) is 13.2 Å². The molecule has 0 radical (unpaired) electrons. The molecule has 3 aromatic rings. The fourth-order valence-electron chi connectivity index (χ4n) is 3.22. The Bertz CT molecular complexity index is 1070. The summed E-state index contributed by atoms with van der Waals surface area (Å²) < 4.78 is 73.4. The van der Waals surface area contributed by atoms with Gasteiger partial charge in [0, 0.05) is 19.2 Å². The smallest absolute Gasteiger partial charge is 0.378 e. The van der Waals surface area contributed by atoms with Crippen molar-refractivity contribution in [3.63, 3.8) is 0 Å². The molecule has 0 spiro atoms. The molecule has 0 N–H and O–H groups in total. The van der Waals surface area contributed by atoms with E-state index >= 15 is 0 Å². The summed E-state index contributed by atoms with van der Waals surface area (Å²) in [5.41, 5.74) is -1.03. The zero-order valence-corrected chi connectivity index (χ0v) is 16.5. The van der Waals surface area contributed by atoms with Crippen LogP contribution >= 0.6 is 11.8 Å². The Morgan fingerprint density at radius 3 is 2.37 bits per heavy atom. The van der Waals surface area contributed by atoms with Gasteiger partial charge in [0.25, 0.3) is 6.43 Å². The molecular formula is C18H16F5N5OS. The van der Waals surface area contributed by atoms with E-state index in [1.807, 2.05) is 4.90 Å². The molecule has 0 atom stereocenters. The summed E-state index contributed by atoms with van der Waals surface area (Å²) in [5.74, 6) is -0.155. The number of rotatable bonds is 4. The molecule has 12 heteroatoms. The van der Waals surface area contributed by atoms with Crippen LogP contribution in [0.5, 0.6) is 0 Å². The van der Waals surface area contributed by atoms with Crippen molar-refractivity contribution in [2.45, 2.75) is 17.8 Å². The first-order chi connectivity index (χ1) is 14.3. The quantitative estimate of drug-likeness (QED) is 0.339. The first-order valence-corrected chi connectivity index (χ1v) is 10.1. The third-order valence-corrected chi connectivity index (χ3v) is 5.18. The average molecular weight is 445 g/mol. The number of benzene rings is 1. The van der Waals surface area contributed by atoms with Crippen molar-refractivity contribution in [3.8, 4) is 5.82 Å². The molecule has 160 valence electrons. The maximum Gasteiger partial charge on any atom is 0.416 e. The van der Waals surface area contributed by atoms with Crippen LogP contribution in [0.15, 0.2) is 29.4 Å². The molecular weight excluding hydrogens is 429 g/mol. The van der Waals surface area contributed by atoms with Crippen LogP contribution in [0, 0.1) is 0 Å². The zero-order chi connectivity index (χ0) is 21.5. The molecule has 1 saturated heterocycles. The Labute approximate surface area is 172 Å². The summed E-state index contributed by atoms with van der Waals surface area (Å²) in [6.07, 6.45) is -5.90. The lowest BCUT2D eigenvalue weighted by Gasteiger charge is -2.28. The number of fused-ring (bicyclic) bond motifs is 1. The first-order valence-electron chi connectivity index (χ1n) is 8.92. The van der Waals surface area contributed by atoms with E-state index < -0.39 is 24.0 Å². The molecule has 0 unspecified atom stereocenters. The SMILES string of the molecule is CSc1nc(N2CCOCC2)cc(-n2c(C(F)F)nc3ccc(C(F)(F)F)cc32)n1. The monoisotopic (exact) mass is 445 g/mol. The summed E-state index contributed by atoms with van der Waals surface area (Å²) >= 11 is 1.20. The van der Waals surface area contributed by atoms with Gasteiger partial charge in [-0.3, -0.25) is 4.57 Å². The lowest BCUT2D eigenvalue weighted by atomic mass is 10.2. The van der Waals surface area contributed by atoms with E-state index in [4.69, 9.17) is 4.74 Å². The highest BCUT2D eigenvalue weighted by atomic mass is 32.2. The molecule has 0 amide bonds. The van der Waals surface area contributed by atoms with Crippen LogP contribution in [0.1, 0.15) is 17.8 Å². The molecule has 1 aliphatic rings. The highest BCUT2D eigenvalue weighted by molar-refractivity contribution is 7.98. The molecule has 6 nitrogen and oxygen atoms in total. The van der Waals surface area contributed by atoms with Crippen molar-refractivity contribution >= 4 is 28.6 Å². The number of alkyl halides is 5. The maximum atomic E-state index is 13.7. The van der Waals surface area contributed by atoms with E-state index in [0.717, 1.165) is 22.8 Å². The Hall–Kier alpha value is -2.47. The third kappa shape index (κ3) is 3.93. The topological polar surface area (TPSA) is 56.1 Å². The summed E-state index contributed by atoms with van der Waals surface area (Å²) in [6, 6.07) is 4.20.